The van der Waals surface area contributed by atoms with Gasteiger partial charge in [0.1, 0.15) is 17.5 Å². The van der Waals surface area contributed by atoms with Crippen LogP contribution in [0.25, 0.3) is 16.7 Å². The number of fused-ring (bicyclic) bond motifs is 1. The molecule has 2 N–H and O–H groups in total. The van der Waals surface area contributed by atoms with Crippen molar-refractivity contribution in [1.82, 2.24) is 30.2 Å². The fraction of sp³-hybridized carbons (Fsp3) is 0.400. The van der Waals surface area contributed by atoms with Crippen molar-refractivity contribution in [2.24, 2.45) is 0 Å². The van der Waals surface area contributed by atoms with Crippen molar-refractivity contribution >= 4 is 16.8 Å². The highest BCUT2D eigenvalue weighted by Gasteiger charge is 2.30. The molecule has 0 bridgehead atoms. The Morgan fingerprint density at radius 1 is 1.17 bits per heavy atom. The van der Waals surface area contributed by atoms with Crippen LogP contribution in [-0.4, -0.2) is 50.2 Å². The van der Waals surface area contributed by atoms with E-state index in [2.05, 4.69) is 25.6 Å². The van der Waals surface area contributed by atoms with Crippen LogP contribution in [0, 0.1) is 0 Å². The Bertz CT molecular complexity index is 1010. The Balaban J connectivity index is 1.44. The number of hydrogen-bond acceptors (Lipinski definition) is 5. The van der Waals surface area contributed by atoms with Gasteiger partial charge in [0.2, 0.25) is 0 Å². The minimum Gasteiger partial charge on any atom is -0.348 e. The number of nitrogens with one attached hydrogen (secondary N) is 2. The molecule has 0 aliphatic heterocycles. The van der Waals surface area contributed by atoms with Gasteiger partial charge < -0.3 is 10.6 Å². The zero-order chi connectivity index (χ0) is 21.1. The predicted octanol–water partition coefficient (Wildman–Crippen LogP) is 3.01. The van der Waals surface area contributed by atoms with Gasteiger partial charge in [-0.1, -0.05) is 6.07 Å². The third-order valence-corrected chi connectivity index (χ3v) is 5.20. The van der Waals surface area contributed by atoms with Crippen LogP contribution >= 0.6 is 0 Å². The Labute approximate surface area is 170 Å². The average molecular weight is 418 g/mol. The SMILES string of the molecule is O=C(NC1CCC(NCC(F)(F)F)CC1)c1cc2cccnc2c(-n2ccnc2)n1. The zero-order valence-corrected chi connectivity index (χ0v) is 16.1. The number of imidazole rings is 1. The fourth-order valence-electron chi connectivity index (χ4n) is 3.71. The van der Waals surface area contributed by atoms with Gasteiger partial charge in [0.15, 0.2) is 5.82 Å². The van der Waals surface area contributed by atoms with Crippen molar-refractivity contribution < 1.29 is 18.0 Å². The van der Waals surface area contributed by atoms with Crippen molar-refractivity contribution in [3.63, 3.8) is 0 Å². The van der Waals surface area contributed by atoms with Gasteiger partial charge in [0.25, 0.3) is 5.91 Å². The number of rotatable bonds is 5. The smallest absolute Gasteiger partial charge is 0.348 e. The molecule has 0 saturated heterocycles. The molecular weight excluding hydrogens is 397 g/mol. The molecule has 7 nitrogen and oxygen atoms in total. The molecule has 1 saturated carbocycles. The van der Waals surface area contributed by atoms with E-state index in [4.69, 9.17) is 0 Å². The third-order valence-electron chi connectivity index (χ3n) is 5.20. The maximum Gasteiger partial charge on any atom is 0.401 e. The summed E-state index contributed by atoms with van der Waals surface area (Å²) in [6, 6.07) is 5.06. The fourth-order valence-corrected chi connectivity index (χ4v) is 3.71. The van der Waals surface area contributed by atoms with Crippen molar-refractivity contribution in [2.75, 3.05) is 6.54 Å². The third kappa shape index (κ3) is 4.76. The van der Waals surface area contributed by atoms with Gasteiger partial charge in [-0.3, -0.25) is 14.3 Å². The summed E-state index contributed by atoms with van der Waals surface area (Å²) in [6.07, 6.45) is 4.78. The zero-order valence-electron chi connectivity index (χ0n) is 16.1. The first kappa shape index (κ1) is 20.3. The maximum absolute atomic E-state index is 12.8. The topological polar surface area (TPSA) is 84.7 Å². The largest absolute Gasteiger partial charge is 0.401 e. The molecule has 3 heterocycles. The molecule has 3 aromatic heterocycles. The van der Waals surface area contributed by atoms with E-state index in [1.165, 1.54) is 0 Å². The molecule has 3 aromatic rings. The summed E-state index contributed by atoms with van der Waals surface area (Å²) in [4.78, 5) is 25.7. The molecule has 1 fully saturated rings. The van der Waals surface area contributed by atoms with Crippen molar-refractivity contribution in [3.05, 3.63) is 48.8 Å². The molecule has 0 radical (unpaired) electrons. The normalized spacial score (nSPS) is 19.7. The second-order valence-corrected chi connectivity index (χ2v) is 7.39. The number of pyridine rings is 2. The minimum absolute atomic E-state index is 0.0930. The van der Waals surface area contributed by atoms with Crippen LogP contribution in [0.5, 0.6) is 0 Å². The quantitative estimate of drug-likeness (QED) is 0.666. The van der Waals surface area contributed by atoms with Crippen molar-refractivity contribution in [1.29, 1.82) is 0 Å². The van der Waals surface area contributed by atoms with E-state index in [0.717, 1.165) is 5.39 Å². The molecule has 10 heteroatoms. The molecule has 4 rings (SSSR count). The second kappa shape index (κ2) is 8.39. The van der Waals surface area contributed by atoms with E-state index in [1.54, 1.807) is 41.6 Å². The van der Waals surface area contributed by atoms with E-state index in [-0.39, 0.29) is 23.7 Å². The van der Waals surface area contributed by atoms with Crippen LogP contribution in [-0.2, 0) is 0 Å². The number of halogens is 3. The molecular formula is C20H21F3N6O. The highest BCUT2D eigenvalue weighted by molar-refractivity contribution is 5.97. The van der Waals surface area contributed by atoms with Gasteiger partial charge >= 0.3 is 6.18 Å². The molecule has 1 aliphatic rings. The van der Waals surface area contributed by atoms with Crippen LogP contribution < -0.4 is 10.6 Å². The number of hydrogen-bond donors (Lipinski definition) is 2. The first-order chi connectivity index (χ1) is 14.4. The lowest BCUT2D eigenvalue weighted by molar-refractivity contribution is -0.126. The molecule has 0 atom stereocenters. The van der Waals surface area contributed by atoms with Crippen LogP contribution in [0.15, 0.2) is 43.1 Å². The van der Waals surface area contributed by atoms with Gasteiger partial charge in [-0.15, -0.1) is 0 Å². The van der Waals surface area contributed by atoms with E-state index in [1.807, 2.05) is 6.07 Å². The summed E-state index contributed by atoms with van der Waals surface area (Å²) in [5.41, 5.74) is 0.916. The Hall–Kier alpha value is -3.01. The first-order valence-electron chi connectivity index (χ1n) is 9.74. The standard InChI is InChI=1S/C20H21F3N6O/c21-20(22,23)11-26-14-3-5-15(6-4-14)27-19(30)16-10-13-2-1-7-25-17(13)18(28-16)29-9-8-24-12-29/h1-2,7-10,12,14-15,26H,3-6,11H2,(H,27,30). The Morgan fingerprint density at radius 2 is 1.93 bits per heavy atom. The maximum atomic E-state index is 12.8. The molecule has 0 spiro atoms. The van der Waals surface area contributed by atoms with Crippen LogP contribution in [0.2, 0.25) is 0 Å². The van der Waals surface area contributed by atoms with Gasteiger partial charge in [-0.2, -0.15) is 13.2 Å². The van der Waals surface area contributed by atoms with Gasteiger partial charge in [-0.05, 0) is 37.8 Å². The molecule has 0 unspecified atom stereocenters. The van der Waals surface area contributed by atoms with Crippen molar-refractivity contribution in [2.45, 2.75) is 43.9 Å². The highest BCUT2D eigenvalue weighted by atomic mass is 19.4. The van der Waals surface area contributed by atoms with Gasteiger partial charge in [-0.25, -0.2) is 9.97 Å². The first-order valence-corrected chi connectivity index (χ1v) is 9.74. The number of aromatic nitrogens is 4. The predicted molar refractivity (Wildman–Crippen MR) is 104 cm³/mol. The number of carbonyl (C=O) groups is 1. The molecule has 1 aliphatic carbocycles. The van der Waals surface area contributed by atoms with Gasteiger partial charge in [0, 0.05) is 36.1 Å². The Morgan fingerprint density at radius 3 is 2.63 bits per heavy atom. The van der Waals surface area contributed by atoms with Crippen molar-refractivity contribution in [3.8, 4) is 5.82 Å². The van der Waals surface area contributed by atoms with E-state index < -0.39 is 12.7 Å². The summed E-state index contributed by atoms with van der Waals surface area (Å²) in [7, 11) is 0. The van der Waals surface area contributed by atoms with Crippen LogP contribution in [0.1, 0.15) is 36.2 Å². The number of amides is 1. The lowest BCUT2D eigenvalue weighted by Crippen LogP contribution is -2.44. The van der Waals surface area contributed by atoms with Crippen LogP contribution in [0.4, 0.5) is 13.2 Å². The highest BCUT2D eigenvalue weighted by Crippen LogP contribution is 2.22. The van der Waals surface area contributed by atoms with E-state index in [0.29, 0.717) is 37.0 Å². The molecule has 1 amide bonds. The minimum atomic E-state index is -4.21. The number of alkyl halides is 3. The Kier molecular flexibility index (Phi) is 5.67. The molecule has 0 aromatic carbocycles. The van der Waals surface area contributed by atoms with Crippen LogP contribution in [0.3, 0.4) is 0 Å². The van der Waals surface area contributed by atoms with E-state index in [9.17, 15) is 18.0 Å². The summed E-state index contributed by atoms with van der Waals surface area (Å²) in [5, 5.41) is 6.29. The summed E-state index contributed by atoms with van der Waals surface area (Å²) in [6.45, 7) is -0.985. The number of carbonyl (C=O) groups excluding carboxylic acids is 1. The van der Waals surface area contributed by atoms with E-state index >= 15 is 0 Å². The number of nitrogens with zero attached hydrogens (tertiary/aromatic N) is 4. The second-order valence-electron chi connectivity index (χ2n) is 7.39. The summed E-state index contributed by atoms with van der Waals surface area (Å²) in [5.74, 6) is 0.199. The molecule has 30 heavy (non-hydrogen) atoms. The molecule has 158 valence electrons. The lowest BCUT2D eigenvalue weighted by atomic mass is 9.91. The lowest BCUT2D eigenvalue weighted by Gasteiger charge is -2.30. The average Bonchev–Trinajstić information content (AvgIpc) is 3.26. The summed E-state index contributed by atoms with van der Waals surface area (Å²) >= 11 is 0. The summed E-state index contributed by atoms with van der Waals surface area (Å²) < 4.78 is 38.8. The van der Waals surface area contributed by atoms with Gasteiger partial charge in [0.05, 0.1) is 6.54 Å². The monoisotopic (exact) mass is 418 g/mol.